The van der Waals surface area contributed by atoms with Gasteiger partial charge in [0, 0.05) is 43.8 Å². The minimum Gasteiger partial charge on any atom is -0.467 e. The lowest BCUT2D eigenvalue weighted by Crippen LogP contribution is -2.50. The van der Waals surface area contributed by atoms with Crippen molar-refractivity contribution in [1.29, 1.82) is 0 Å². The first kappa shape index (κ1) is 20.7. The van der Waals surface area contributed by atoms with E-state index in [1.54, 1.807) is 17.4 Å². The summed E-state index contributed by atoms with van der Waals surface area (Å²) in [7, 11) is -3.58. The largest absolute Gasteiger partial charge is 0.467 e. The van der Waals surface area contributed by atoms with Crippen molar-refractivity contribution in [3.8, 4) is 5.19 Å². The molecule has 0 bridgehead atoms. The van der Waals surface area contributed by atoms with Crippen molar-refractivity contribution in [1.82, 2.24) is 14.2 Å². The molecule has 1 aromatic carbocycles. The molecule has 0 radical (unpaired) electrons. The van der Waals surface area contributed by atoms with Crippen molar-refractivity contribution in [2.75, 3.05) is 26.2 Å². The van der Waals surface area contributed by atoms with E-state index in [1.165, 1.54) is 29.5 Å². The molecule has 158 valence electrons. The van der Waals surface area contributed by atoms with E-state index in [1.807, 2.05) is 5.38 Å². The predicted molar refractivity (Wildman–Crippen MR) is 110 cm³/mol. The number of rotatable bonds is 5. The summed E-state index contributed by atoms with van der Waals surface area (Å²) in [6.45, 7) is 4.56. The van der Waals surface area contributed by atoms with Gasteiger partial charge in [0.1, 0.15) is 11.9 Å². The number of nitrogens with zero attached hydrogens (tertiary/aromatic N) is 3. The Labute approximate surface area is 175 Å². The van der Waals surface area contributed by atoms with Crippen LogP contribution in [0.4, 0.5) is 4.39 Å². The molecule has 2 aliphatic rings. The third kappa shape index (κ3) is 4.63. The van der Waals surface area contributed by atoms with Crippen molar-refractivity contribution < 1.29 is 17.5 Å². The van der Waals surface area contributed by atoms with E-state index in [4.69, 9.17) is 4.74 Å². The number of aromatic nitrogens is 1. The molecular weight excluding hydrogens is 413 g/mol. The first-order valence-electron chi connectivity index (χ1n) is 10.00. The number of ether oxygens (including phenoxy) is 1. The molecule has 6 nitrogen and oxygen atoms in total. The standard InChI is InChI=1S/C20H26FN3O3S2/c1-15-14-16(21)2-3-19(15)29(25,26)24-11-4-17(5-12-24)23-9-6-18(7-10-23)27-20-22-8-13-28-20/h2-3,8,13-14,17-18H,4-7,9-12H2,1H3. The third-order valence-corrected chi connectivity index (χ3v) is 8.57. The predicted octanol–water partition coefficient (Wildman–Crippen LogP) is 3.29. The lowest BCUT2D eigenvalue weighted by atomic mass is 10.00. The quantitative estimate of drug-likeness (QED) is 0.715. The van der Waals surface area contributed by atoms with Crippen LogP contribution in [0.25, 0.3) is 0 Å². The van der Waals surface area contributed by atoms with Gasteiger partial charge in [-0.3, -0.25) is 0 Å². The molecule has 0 atom stereocenters. The summed E-state index contributed by atoms with van der Waals surface area (Å²) in [5.74, 6) is -0.414. The summed E-state index contributed by atoms with van der Waals surface area (Å²) in [6.07, 6.45) is 5.53. The zero-order valence-corrected chi connectivity index (χ0v) is 18.1. The Kier molecular flexibility index (Phi) is 6.19. The molecule has 0 saturated carbocycles. The van der Waals surface area contributed by atoms with Crippen molar-refractivity contribution in [3.05, 3.63) is 41.2 Å². The highest BCUT2D eigenvalue weighted by molar-refractivity contribution is 7.89. The molecule has 0 unspecified atom stereocenters. The summed E-state index contributed by atoms with van der Waals surface area (Å²) >= 11 is 1.52. The number of sulfonamides is 1. The zero-order chi connectivity index (χ0) is 20.4. The van der Waals surface area contributed by atoms with E-state index in [0.717, 1.165) is 44.0 Å². The number of halogens is 1. The number of benzene rings is 1. The maximum absolute atomic E-state index is 13.3. The van der Waals surface area contributed by atoms with Gasteiger partial charge in [-0.1, -0.05) is 11.3 Å². The highest BCUT2D eigenvalue weighted by atomic mass is 32.2. The van der Waals surface area contributed by atoms with Gasteiger partial charge < -0.3 is 9.64 Å². The Morgan fingerprint density at radius 1 is 1.14 bits per heavy atom. The number of aryl methyl sites for hydroxylation is 1. The zero-order valence-electron chi connectivity index (χ0n) is 16.5. The van der Waals surface area contributed by atoms with E-state index in [-0.39, 0.29) is 11.0 Å². The van der Waals surface area contributed by atoms with Gasteiger partial charge in [0.2, 0.25) is 10.0 Å². The fourth-order valence-electron chi connectivity index (χ4n) is 4.26. The summed E-state index contributed by atoms with van der Waals surface area (Å²) in [6, 6.07) is 4.26. The van der Waals surface area contributed by atoms with Gasteiger partial charge in [0.25, 0.3) is 5.19 Å². The van der Waals surface area contributed by atoms with Gasteiger partial charge in [-0.15, -0.1) is 0 Å². The summed E-state index contributed by atoms with van der Waals surface area (Å²) in [5.41, 5.74) is 0.453. The second-order valence-corrected chi connectivity index (χ2v) is 10.5. The summed E-state index contributed by atoms with van der Waals surface area (Å²) < 4.78 is 46.7. The Balaban J connectivity index is 1.30. The average Bonchev–Trinajstić information content (AvgIpc) is 3.21. The van der Waals surface area contributed by atoms with Crippen LogP contribution in [0.5, 0.6) is 5.19 Å². The summed E-state index contributed by atoms with van der Waals surface area (Å²) in [4.78, 5) is 6.86. The first-order valence-corrected chi connectivity index (χ1v) is 12.3. The molecule has 2 aliphatic heterocycles. The maximum Gasteiger partial charge on any atom is 0.273 e. The maximum atomic E-state index is 13.3. The number of piperidine rings is 2. The monoisotopic (exact) mass is 439 g/mol. The van der Waals surface area contributed by atoms with Crippen molar-refractivity contribution in [2.45, 2.75) is 49.6 Å². The van der Waals surface area contributed by atoms with Crippen LogP contribution in [0.2, 0.25) is 0 Å². The normalized spacial score (nSPS) is 20.8. The highest BCUT2D eigenvalue weighted by Gasteiger charge is 2.34. The molecule has 0 amide bonds. The van der Waals surface area contributed by atoms with Gasteiger partial charge in [-0.25, -0.2) is 17.8 Å². The van der Waals surface area contributed by atoms with E-state index < -0.39 is 15.8 Å². The van der Waals surface area contributed by atoms with Crippen molar-refractivity contribution >= 4 is 21.4 Å². The number of hydrogen-bond acceptors (Lipinski definition) is 6. The number of hydrogen-bond donors (Lipinski definition) is 0. The lowest BCUT2D eigenvalue weighted by molar-refractivity contribution is 0.0584. The van der Waals surface area contributed by atoms with Crippen LogP contribution >= 0.6 is 11.3 Å². The Morgan fingerprint density at radius 2 is 1.86 bits per heavy atom. The van der Waals surface area contributed by atoms with Gasteiger partial charge >= 0.3 is 0 Å². The Bertz CT molecular complexity index is 920. The topological polar surface area (TPSA) is 62.7 Å². The summed E-state index contributed by atoms with van der Waals surface area (Å²) in [5, 5.41) is 2.65. The van der Waals surface area contributed by atoms with Gasteiger partial charge in [0.05, 0.1) is 4.90 Å². The second-order valence-electron chi connectivity index (χ2n) is 7.70. The second kappa shape index (κ2) is 8.67. The molecule has 0 spiro atoms. The molecular formula is C20H26FN3O3S2. The SMILES string of the molecule is Cc1cc(F)ccc1S(=O)(=O)N1CCC(N2CCC(Oc3nccs3)CC2)CC1. The van der Waals surface area contributed by atoms with Gasteiger partial charge in [0.15, 0.2) is 0 Å². The van der Waals surface area contributed by atoms with Crippen LogP contribution < -0.4 is 4.74 Å². The fourth-order valence-corrected chi connectivity index (χ4v) is 6.49. The van der Waals surface area contributed by atoms with Crippen LogP contribution in [0.1, 0.15) is 31.2 Å². The molecule has 2 saturated heterocycles. The minimum absolute atomic E-state index is 0.206. The first-order chi connectivity index (χ1) is 13.9. The Hall–Kier alpha value is -1.55. The molecule has 2 fully saturated rings. The fraction of sp³-hybridized carbons (Fsp3) is 0.550. The average molecular weight is 440 g/mol. The van der Waals surface area contributed by atoms with Gasteiger partial charge in [-0.2, -0.15) is 4.31 Å². The van der Waals surface area contributed by atoms with E-state index in [2.05, 4.69) is 9.88 Å². The molecule has 3 heterocycles. The molecule has 2 aromatic rings. The molecule has 0 aliphatic carbocycles. The van der Waals surface area contributed by atoms with E-state index in [9.17, 15) is 12.8 Å². The van der Waals surface area contributed by atoms with Crippen LogP contribution in [0.15, 0.2) is 34.7 Å². The molecule has 1 aromatic heterocycles. The van der Waals surface area contributed by atoms with Crippen LogP contribution in [-0.4, -0.2) is 60.9 Å². The minimum atomic E-state index is -3.58. The van der Waals surface area contributed by atoms with Crippen LogP contribution in [0, 0.1) is 12.7 Å². The smallest absolute Gasteiger partial charge is 0.273 e. The van der Waals surface area contributed by atoms with Crippen LogP contribution in [-0.2, 0) is 10.0 Å². The number of thiazole rings is 1. The van der Waals surface area contributed by atoms with Crippen LogP contribution in [0.3, 0.4) is 0 Å². The third-order valence-electron chi connectivity index (χ3n) is 5.85. The molecule has 0 N–H and O–H groups in total. The molecule has 9 heteroatoms. The van der Waals surface area contributed by atoms with E-state index in [0.29, 0.717) is 24.7 Å². The van der Waals surface area contributed by atoms with Crippen molar-refractivity contribution in [3.63, 3.8) is 0 Å². The van der Waals surface area contributed by atoms with E-state index >= 15 is 0 Å². The molecule has 4 rings (SSSR count). The Morgan fingerprint density at radius 3 is 2.48 bits per heavy atom. The number of likely N-dealkylation sites (tertiary alicyclic amines) is 1. The van der Waals surface area contributed by atoms with Gasteiger partial charge in [-0.05, 0) is 56.4 Å². The molecule has 29 heavy (non-hydrogen) atoms. The lowest BCUT2D eigenvalue weighted by Gasteiger charge is -2.41. The highest BCUT2D eigenvalue weighted by Crippen LogP contribution is 2.28. The van der Waals surface area contributed by atoms with Crippen molar-refractivity contribution in [2.24, 2.45) is 0 Å².